The van der Waals surface area contributed by atoms with Gasteiger partial charge in [0.15, 0.2) is 0 Å². The molecule has 51 heavy (non-hydrogen) atoms. The summed E-state index contributed by atoms with van der Waals surface area (Å²) in [4.78, 5) is 2.64. The fourth-order valence-electron chi connectivity index (χ4n) is 9.92. The van der Waals surface area contributed by atoms with Gasteiger partial charge in [-0.25, -0.2) is 0 Å². The number of ether oxygens (including phenoxy) is 1. The summed E-state index contributed by atoms with van der Waals surface area (Å²) in [5.41, 5.74) is 11.6. The van der Waals surface area contributed by atoms with Crippen LogP contribution in [0.5, 0.6) is 5.75 Å². The molecule has 1 heterocycles. The van der Waals surface area contributed by atoms with Crippen molar-refractivity contribution in [3.05, 3.63) is 151 Å². The highest BCUT2D eigenvalue weighted by atomic mass is 16.5. The molecule has 0 aromatic heterocycles. The van der Waals surface area contributed by atoms with Gasteiger partial charge < -0.3 is 9.64 Å². The number of anilines is 2. The van der Waals surface area contributed by atoms with Crippen LogP contribution in [-0.4, -0.2) is 12.6 Å². The highest BCUT2D eigenvalue weighted by Gasteiger charge is 2.57. The lowest BCUT2D eigenvalue weighted by atomic mass is 9.61. The average Bonchev–Trinajstić information content (AvgIpc) is 3.39. The van der Waals surface area contributed by atoms with Crippen LogP contribution in [0.15, 0.2) is 146 Å². The molecule has 248 valence electrons. The highest BCUT2D eigenvalue weighted by molar-refractivity contribution is 6.30. The van der Waals surface area contributed by atoms with Gasteiger partial charge >= 0.3 is 0 Å². The van der Waals surface area contributed by atoms with Gasteiger partial charge in [-0.2, -0.15) is 0 Å². The summed E-state index contributed by atoms with van der Waals surface area (Å²) in [6.45, 7) is 5.03. The summed E-state index contributed by atoms with van der Waals surface area (Å²) in [6, 6.07) is 54.3. The second-order valence-electron chi connectivity index (χ2n) is 15.1. The van der Waals surface area contributed by atoms with E-state index < -0.39 is 0 Å². The van der Waals surface area contributed by atoms with Crippen molar-refractivity contribution in [3.8, 4) is 39.1 Å². The Balaban J connectivity index is 1.25. The molecule has 1 fully saturated rings. The van der Waals surface area contributed by atoms with Crippen molar-refractivity contribution in [2.45, 2.75) is 50.5 Å². The van der Waals surface area contributed by atoms with Crippen molar-refractivity contribution in [3.63, 3.8) is 0 Å². The quantitative estimate of drug-likeness (QED) is 0.171. The van der Waals surface area contributed by atoms with Gasteiger partial charge in [-0.05, 0) is 121 Å². The molecule has 10 rings (SSSR count). The number of benzene rings is 8. The zero-order valence-electron chi connectivity index (χ0n) is 29.5. The van der Waals surface area contributed by atoms with Crippen LogP contribution < -0.4 is 9.64 Å². The number of methoxy groups -OCH3 is 1. The Bertz CT molecular complexity index is 2610. The van der Waals surface area contributed by atoms with Crippen LogP contribution in [0.3, 0.4) is 0 Å². The molecule has 8 aromatic carbocycles. The highest BCUT2D eigenvalue weighted by Crippen LogP contribution is 2.61. The van der Waals surface area contributed by atoms with Gasteiger partial charge in [0.1, 0.15) is 5.75 Å². The molecule has 0 radical (unpaired) electrons. The lowest BCUT2D eigenvalue weighted by molar-refractivity contribution is 0.195. The van der Waals surface area contributed by atoms with Crippen molar-refractivity contribution in [2.75, 3.05) is 12.0 Å². The first-order valence-electron chi connectivity index (χ1n) is 18.4. The van der Waals surface area contributed by atoms with E-state index in [0.717, 1.165) is 12.2 Å². The van der Waals surface area contributed by atoms with E-state index in [9.17, 15) is 0 Å². The van der Waals surface area contributed by atoms with Crippen LogP contribution in [0.25, 0.3) is 65.7 Å². The van der Waals surface area contributed by atoms with Crippen LogP contribution in [0.4, 0.5) is 11.4 Å². The van der Waals surface area contributed by atoms with E-state index in [-0.39, 0.29) is 11.0 Å². The molecule has 0 N–H and O–H groups in total. The summed E-state index contributed by atoms with van der Waals surface area (Å²) in [5.74, 6) is 0.899. The van der Waals surface area contributed by atoms with Crippen LogP contribution >= 0.6 is 0 Å². The molecule has 2 heteroatoms. The molecular formula is C49H41NO. The maximum atomic E-state index is 5.72. The second kappa shape index (κ2) is 11.2. The largest absolute Gasteiger partial charge is 0.497 e. The summed E-state index contributed by atoms with van der Waals surface area (Å²) in [7, 11) is 1.76. The van der Waals surface area contributed by atoms with E-state index in [2.05, 4.69) is 158 Å². The maximum absolute atomic E-state index is 5.72. The van der Waals surface area contributed by atoms with Gasteiger partial charge in [-0.1, -0.05) is 129 Å². The fraction of sp³-hybridized carbons (Fsp3) is 0.184. The molecule has 0 bridgehead atoms. The third kappa shape index (κ3) is 4.29. The SMILES string of the molecule is COc1cccc(N2c3ccc(-c4cc(-c5ccccc5)c5ccc6ccc(-c7ccccc7)c7ccc4c5c67)cc3C3(C)CCCCC23C)c1. The van der Waals surface area contributed by atoms with Gasteiger partial charge in [0.05, 0.1) is 12.6 Å². The van der Waals surface area contributed by atoms with E-state index in [1.165, 1.54) is 102 Å². The van der Waals surface area contributed by atoms with Gasteiger partial charge in [0.25, 0.3) is 0 Å². The number of hydrogen-bond donors (Lipinski definition) is 0. The van der Waals surface area contributed by atoms with Crippen molar-refractivity contribution in [1.29, 1.82) is 0 Å². The van der Waals surface area contributed by atoms with E-state index in [4.69, 9.17) is 4.74 Å². The summed E-state index contributed by atoms with van der Waals surface area (Å²) < 4.78 is 5.72. The normalized spacial score (nSPS) is 19.9. The molecule has 0 saturated heterocycles. The third-order valence-electron chi connectivity index (χ3n) is 12.7. The van der Waals surface area contributed by atoms with Crippen LogP contribution in [-0.2, 0) is 5.41 Å². The Morgan fingerprint density at radius 2 is 1.18 bits per heavy atom. The molecule has 1 aliphatic heterocycles. The number of rotatable bonds is 5. The Labute approximate surface area is 300 Å². The Kier molecular flexibility index (Phi) is 6.64. The van der Waals surface area contributed by atoms with Crippen LogP contribution in [0.1, 0.15) is 45.1 Å². The standard InChI is InChI=1S/C49H41NO/c1-48-27-10-11-28-49(48,2)50(36-17-12-18-37(30-36)51-3)45-26-21-35(29-44(45)48)43-31-42(33-15-8-5-9-16-33)40-23-20-34-19-22-38(32-13-6-4-7-14-32)39-24-25-41(43)47(40)46(34)39/h4-9,12-26,29-31H,10-11,27-28H2,1-3H3. The van der Waals surface area contributed by atoms with Crippen LogP contribution in [0.2, 0.25) is 0 Å². The first-order valence-corrected chi connectivity index (χ1v) is 18.4. The minimum absolute atomic E-state index is 0.0102. The molecule has 2 nitrogen and oxygen atoms in total. The van der Waals surface area contributed by atoms with E-state index >= 15 is 0 Å². The molecule has 8 aromatic rings. The second-order valence-corrected chi connectivity index (χ2v) is 15.1. The van der Waals surface area contributed by atoms with E-state index in [1.807, 2.05) is 6.07 Å². The number of hydrogen-bond acceptors (Lipinski definition) is 2. The molecule has 1 aliphatic carbocycles. The Morgan fingerprint density at radius 3 is 1.92 bits per heavy atom. The molecule has 1 saturated carbocycles. The van der Waals surface area contributed by atoms with Crippen molar-refractivity contribution < 1.29 is 4.74 Å². The summed E-state index contributed by atoms with van der Waals surface area (Å²) in [5, 5.41) is 7.91. The molecule has 2 aliphatic rings. The lowest BCUT2D eigenvalue weighted by Crippen LogP contribution is -2.54. The van der Waals surface area contributed by atoms with Crippen LogP contribution in [0, 0.1) is 0 Å². The molecule has 0 spiro atoms. The van der Waals surface area contributed by atoms with Crippen molar-refractivity contribution in [2.24, 2.45) is 0 Å². The minimum Gasteiger partial charge on any atom is -0.497 e. The fourth-order valence-corrected chi connectivity index (χ4v) is 9.92. The van der Waals surface area contributed by atoms with Gasteiger partial charge in [0.2, 0.25) is 0 Å². The Morgan fingerprint density at radius 1 is 0.529 bits per heavy atom. The van der Waals surface area contributed by atoms with Gasteiger partial charge in [-0.15, -0.1) is 0 Å². The monoisotopic (exact) mass is 659 g/mol. The average molecular weight is 660 g/mol. The molecule has 2 unspecified atom stereocenters. The maximum Gasteiger partial charge on any atom is 0.120 e. The lowest BCUT2D eigenvalue weighted by Gasteiger charge is -2.50. The molecule has 0 amide bonds. The first kappa shape index (κ1) is 30.2. The van der Waals surface area contributed by atoms with Crippen molar-refractivity contribution >= 4 is 43.7 Å². The van der Waals surface area contributed by atoms with E-state index in [1.54, 1.807) is 7.11 Å². The molecular weight excluding hydrogens is 619 g/mol. The smallest absolute Gasteiger partial charge is 0.120 e. The third-order valence-corrected chi connectivity index (χ3v) is 12.7. The first-order chi connectivity index (χ1) is 25.0. The van der Waals surface area contributed by atoms with Gasteiger partial charge in [-0.3, -0.25) is 0 Å². The zero-order valence-corrected chi connectivity index (χ0v) is 29.5. The minimum atomic E-state index is -0.0374. The summed E-state index contributed by atoms with van der Waals surface area (Å²) in [6.07, 6.45) is 4.83. The Hall–Kier alpha value is -5.60. The number of nitrogens with zero attached hydrogens (tertiary/aromatic N) is 1. The topological polar surface area (TPSA) is 12.5 Å². The molecule has 2 atom stereocenters. The number of fused-ring (bicyclic) bond motifs is 3. The van der Waals surface area contributed by atoms with Gasteiger partial charge in [0, 0.05) is 22.9 Å². The summed E-state index contributed by atoms with van der Waals surface area (Å²) >= 11 is 0. The van der Waals surface area contributed by atoms with Crippen molar-refractivity contribution in [1.82, 2.24) is 0 Å². The van der Waals surface area contributed by atoms with E-state index in [0.29, 0.717) is 0 Å². The zero-order chi connectivity index (χ0) is 34.3. The predicted octanol–water partition coefficient (Wildman–Crippen LogP) is 13.3. The predicted molar refractivity (Wildman–Crippen MR) is 216 cm³/mol.